The number of carbonyl (C=O) groups excluding carboxylic acids is 1. The van der Waals surface area contributed by atoms with Crippen LogP contribution < -0.4 is 16.4 Å². The summed E-state index contributed by atoms with van der Waals surface area (Å²) in [5.41, 5.74) is 7.75. The molecule has 25 heavy (non-hydrogen) atoms. The number of halogens is 1. The summed E-state index contributed by atoms with van der Waals surface area (Å²) >= 11 is 6.01. The van der Waals surface area contributed by atoms with Crippen molar-refractivity contribution in [1.29, 1.82) is 5.26 Å². The molecule has 0 unspecified atom stereocenters. The zero-order valence-electron chi connectivity index (χ0n) is 13.6. The molecule has 0 aliphatic carbocycles. The van der Waals surface area contributed by atoms with Crippen LogP contribution in [0.4, 0.5) is 11.4 Å². The number of anilines is 2. The average Bonchev–Trinajstić information content (AvgIpc) is 2.61. The Morgan fingerprint density at radius 3 is 2.68 bits per heavy atom. The molecule has 2 aromatic rings. The van der Waals surface area contributed by atoms with E-state index in [1.807, 2.05) is 24.3 Å². The van der Waals surface area contributed by atoms with Gasteiger partial charge in [0.2, 0.25) is 0 Å². The molecule has 0 heterocycles. The van der Waals surface area contributed by atoms with Gasteiger partial charge in [-0.25, -0.2) is 0 Å². The number of hydrogen-bond donors (Lipinski definition) is 3. The van der Waals surface area contributed by atoms with E-state index >= 15 is 0 Å². The molecular weight excluding hydrogens is 336 g/mol. The zero-order valence-corrected chi connectivity index (χ0v) is 14.4. The van der Waals surface area contributed by atoms with Crippen molar-refractivity contribution in [3.8, 4) is 6.07 Å². The Hall–Kier alpha value is -2.97. The first-order valence-electron chi connectivity index (χ1n) is 7.84. The van der Waals surface area contributed by atoms with E-state index in [4.69, 9.17) is 22.6 Å². The number of benzene rings is 2. The monoisotopic (exact) mass is 354 g/mol. The normalized spacial score (nSPS) is 10.8. The summed E-state index contributed by atoms with van der Waals surface area (Å²) in [6, 6.07) is 16.8. The van der Waals surface area contributed by atoms with Gasteiger partial charge in [0, 0.05) is 18.4 Å². The predicted molar refractivity (Wildman–Crippen MR) is 101 cm³/mol. The first-order chi connectivity index (χ1) is 12.1. The third kappa shape index (κ3) is 5.87. The second-order valence-corrected chi connectivity index (χ2v) is 5.81. The third-order valence-corrected chi connectivity index (χ3v) is 3.79. The summed E-state index contributed by atoms with van der Waals surface area (Å²) < 4.78 is 0. The van der Waals surface area contributed by atoms with Crippen molar-refractivity contribution in [3.05, 3.63) is 70.9 Å². The van der Waals surface area contributed by atoms with E-state index in [9.17, 15) is 4.79 Å². The molecule has 1 amide bonds. The number of aryl methyl sites for hydroxylation is 1. The van der Waals surface area contributed by atoms with Crippen LogP contribution in [-0.2, 0) is 11.2 Å². The Morgan fingerprint density at radius 1 is 1.24 bits per heavy atom. The van der Waals surface area contributed by atoms with E-state index in [0.717, 1.165) is 12.8 Å². The Balaban J connectivity index is 1.84. The number of nitrogens with zero attached hydrogens (tertiary/aromatic N) is 1. The van der Waals surface area contributed by atoms with Gasteiger partial charge in [-0.1, -0.05) is 41.9 Å². The molecule has 0 spiro atoms. The SMILES string of the molecule is N#C/C(=C/NCCCc1ccccc1)C(=O)Nc1ccc(N)cc1Cl. The quantitative estimate of drug-likeness (QED) is 0.307. The third-order valence-electron chi connectivity index (χ3n) is 3.48. The Labute approximate surface area is 152 Å². The fourth-order valence-electron chi connectivity index (χ4n) is 2.18. The topological polar surface area (TPSA) is 90.9 Å². The Morgan fingerprint density at radius 2 is 2.00 bits per heavy atom. The lowest BCUT2D eigenvalue weighted by Crippen LogP contribution is -2.17. The molecule has 0 saturated carbocycles. The van der Waals surface area contributed by atoms with Crippen LogP contribution in [-0.4, -0.2) is 12.5 Å². The Kier molecular flexibility index (Phi) is 6.87. The average molecular weight is 355 g/mol. The van der Waals surface area contributed by atoms with Crippen molar-refractivity contribution in [2.75, 3.05) is 17.6 Å². The van der Waals surface area contributed by atoms with E-state index in [-0.39, 0.29) is 5.57 Å². The van der Waals surface area contributed by atoms with Gasteiger partial charge in [0.25, 0.3) is 5.91 Å². The van der Waals surface area contributed by atoms with Crippen LogP contribution in [0, 0.1) is 11.3 Å². The summed E-state index contributed by atoms with van der Waals surface area (Å²) in [5, 5.41) is 15.1. The maximum absolute atomic E-state index is 12.1. The fourth-order valence-corrected chi connectivity index (χ4v) is 2.42. The number of nitrogens with one attached hydrogen (secondary N) is 2. The van der Waals surface area contributed by atoms with Gasteiger partial charge < -0.3 is 16.4 Å². The highest BCUT2D eigenvalue weighted by Gasteiger charge is 2.11. The van der Waals surface area contributed by atoms with Crippen molar-refractivity contribution in [2.45, 2.75) is 12.8 Å². The number of nitriles is 1. The molecule has 4 N–H and O–H groups in total. The molecule has 5 nitrogen and oxygen atoms in total. The summed E-state index contributed by atoms with van der Waals surface area (Å²) in [6.07, 6.45) is 3.24. The highest BCUT2D eigenvalue weighted by atomic mass is 35.5. The number of nitrogens with two attached hydrogens (primary N) is 1. The lowest BCUT2D eigenvalue weighted by Gasteiger charge is -2.07. The van der Waals surface area contributed by atoms with E-state index in [2.05, 4.69) is 22.8 Å². The molecule has 0 fully saturated rings. The summed E-state index contributed by atoms with van der Waals surface area (Å²) in [4.78, 5) is 12.1. The highest BCUT2D eigenvalue weighted by Crippen LogP contribution is 2.24. The minimum absolute atomic E-state index is 0.0207. The van der Waals surface area contributed by atoms with Crippen LogP contribution in [0.25, 0.3) is 0 Å². The fraction of sp³-hybridized carbons (Fsp3) is 0.158. The van der Waals surface area contributed by atoms with Crippen molar-refractivity contribution < 1.29 is 4.79 Å². The van der Waals surface area contributed by atoms with Crippen LogP contribution in [0.1, 0.15) is 12.0 Å². The molecule has 0 bridgehead atoms. The second-order valence-electron chi connectivity index (χ2n) is 5.41. The predicted octanol–water partition coefficient (Wildman–Crippen LogP) is 3.49. The van der Waals surface area contributed by atoms with Gasteiger partial charge in [-0.15, -0.1) is 0 Å². The minimum Gasteiger partial charge on any atom is -0.399 e. The molecule has 2 aromatic carbocycles. The molecular formula is C19H19ClN4O. The molecule has 0 saturated heterocycles. The van der Waals surface area contributed by atoms with E-state index in [1.165, 1.54) is 17.8 Å². The van der Waals surface area contributed by atoms with Gasteiger partial charge in [-0.3, -0.25) is 4.79 Å². The molecule has 0 atom stereocenters. The van der Waals surface area contributed by atoms with Gasteiger partial charge in [0.1, 0.15) is 11.6 Å². The lowest BCUT2D eigenvalue weighted by molar-refractivity contribution is -0.112. The standard InChI is InChI=1S/C19H19ClN4O/c20-17-11-16(22)8-9-18(17)24-19(25)15(12-21)13-23-10-4-7-14-5-2-1-3-6-14/h1-3,5-6,8-9,11,13,23H,4,7,10,22H2,(H,24,25)/b15-13-. The van der Waals surface area contributed by atoms with Crippen LogP contribution in [0.2, 0.25) is 5.02 Å². The van der Waals surface area contributed by atoms with Crippen LogP contribution in [0.15, 0.2) is 60.3 Å². The molecule has 6 heteroatoms. The molecule has 0 aromatic heterocycles. The molecule has 2 rings (SSSR count). The minimum atomic E-state index is -0.523. The maximum Gasteiger partial charge on any atom is 0.267 e. The Bertz CT molecular complexity index is 797. The first kappa shape index (κ1) is 18.4. The summed E-state index contributed by atoms with van der Waals surface area (Å²) in [6.45, 7) is 0.663. The number of hydrogen-bond acceptors (Lipinski definition) is 4. The highest BCUT2D eigenvalue weighted by molar-refractivity contribution is 6.34. The van der Waals surface area contributed by atoms with Crippen molar-refractivity contribution >= 4 is 28.9 Å². The lowest BCUT2D eigenvalue weighted by atomic mass is 10.1. The van der Waals surface area contributed by atoms with E-state index < -0.39 is 5.91 Å². The first-order valence-corrected chi connectivity index (χ1v) is 8.22. The summed E-state index contributed by atoms with van der Waals surface area (Å²) in [7, 11) is 0. The zero-order chi connectivity index (χ0) is 18.1. The van der Waals surface area contributed by atoms with Crippen molar-refractivity contribution in [2.24, 2.45) is 0 Å². The number of rotatable bonds is 7. The van der Waals surface area contributed by atoms with Gasteiger partial charge in [-0.05, 0) is 36.6 Å². The van der Waals surface area contributed by atoms with E-state index in [1.54, 1.807) is 12.1 Å². The molecule has 128 valence electrons. The maximum atomic E-state index is 12.1. The summed E-state index contributed by atoms with van der Waals surface area (Å²) in [5.74, 6) is -0.523. The molecule has 0 radical (unpaired) electrons. The largest absolute Gasteiger partial charge is 0.399 e. The van der Waals surface area contributed by atoms with Gasteiger partial charge in [0.15, 0.2) is 0 Å². The second kappa shape index (κ2) is 9.36. The van der Waals surface area contributed by atoms with Crippen LogP contribution in [0.5, 0.6) is 0 Å². The van der Waals surface area contributed by atoms with Crippen molar-refractivity contribution in [1.82, 2.24) is 5.32 Å². The van der Waals surface area contributed by atoms with Crippen LogP contribution in [0.3, 0.4) is 0 Å². The molecule has 0 aliphatic rings. The number of carbonyl (C=O) groups is 1. The van der Waals surface area contributed by atoms with Crippen molar-refractivity contribution in [3.63, 3.8) is 0 Å². The van der Waals surface area contributed by atoms with Crippen LogP contribution >= 0.6 is 11.6 Å². The van der Waals surface area contributed by atoms with Gasteiger partial charge in [-0.2, -0.15) is 5.26 Å². The smallest absolute Gasteiger partial charge is 0.267 e. The van der Waals surface area contributed by atoms with Gasteiger partial charge >= 0.3 is 0 Å². The number of amides is 1. The van der Waals surface area contributed by atoms with E-state index in [0.29, 0.717) is 22.9 Å². The number of nitrogen functional groups attached to an aromatic ring is 1. The molecule has 0 aliphatic heterocycles. The van der Waals surface area contributed by atoms with Gasteiger partial charge in [0.05, 0.1) is 10.7 Å².